The number of hydrogen-bond donors (Lipinski definition) is 0. The van der Waals surface area contributed by atoms with E-state index >= 15 is 0 Å². The Balaban J connectivity index is 0.925. The quantitative estimate of drug-likeness (QED) is 0.156. The first kappa shape index (κ1) is 38.2. The molecule has 14 rings (SSSR count). The fourth-order valence-electron chi connectivity index (χ4n) is 10.8. The van der Waals surface area contributed by atoms with E-state index in [4.69, 9.17) is 9.97 Å². The second-order valence-corrected chi connectivity index (χ2v) is 17.7. The van der Waals surface area contributed by atoms with E-state index < -0.39 is 0 Å². The third kappa shape index (κ3) is 5.94. The Morgan fingerprint density at radius 3 is 0.985 bits per heavy atom. The number of para-hydroxylation sites is 6. The lowest BCUT2D eigenvalue weighted by molar-refractivity contribution is 1.10. The molecule has 2 heterocycles. The highest BCUT2D eigenvalue weighted by Gasteiger charge is 2.20. The first-order valence-corrected chi connectivity index (χ1v) is 23.2. The van der Waals surface area contributed by atoms with Crippen molar-refractivity contribution >= 4 is 75.9 Å². The summed E-state index contributed by atoms with van der Waals surface area (Å²) in [4.78, 5) is 10.3. The van der Waals surface area contributed by atoms with Crippen LogP contribution in [-0.2, 0) is 0 Å². The Morgan fingerprint density at radius 2 is 0.559 bits per heavy atom. The minimum Gasteiger partial charge on any atom is -0.292 e. The van der Waals surface area contributed by atoms with Gasteiger partial charge in [-0.25, -0.2) is 9.97 Å². The lowest BCUT2D eigenvalue weighted by atomic mass is 9.85. The zero-order valence-electron chi connectivity index (χ0n) is 36.9. The molecule has 4 nitrogen and oxygen atoms in total. The average molecular weight is 865 g/mol. The van der Waals surface area contributed by atoms with Gasteiger partial charge in [0, 0.05) is 22.5 Å². The van der Waals surface area contributed by atoms with Crippen LogP contribution in [0, 0.1) is 0 Å². The molecule has 4 heteroatoms. The number of benzene rings is 12. The molecule has 0 spiro atoms. The Bertz CT molecular complexity index is 4000. The Morgan fingerprint density at radius 1 is 0.235 bits per heavy atom. The number of hydrogen-bond acceptors (Lipinski definition) is 2. The zero-order chi connectivity index (χ0) is 44.7. The van der Waals surface area contributed by atoms with Crippen LogP contribution in [0.3, 0.4) is 0 Å². The first-order valence-electron chi connectivity index (χ1n) is 23.2. The van der Waals surface area contributed by atoms with Gasteiger partial charge >= 0.3 is 0 Å². The van der Waals surface area contributed by atoms with Crippen LogP contribution in [0.2, 0.25) is 0 Å². The van der Waals surface area contributed by atoms with Crippen molar-refractivity contribution in [2.45, 2.75) is 0 Å². The molecule has 0 aliphatic rings. The molecule has 0 saturated carbocycles. The van der Waals surface area contributed by atoms with Gasteiger partial charge < -0.3 is 0 Å². The van der Waals surface area contributed by atoms with Crippen molar-refractivity contribution in [2.75, 3.05) is 0 Å². The lowest BCUT2D eigenvalue weighted by Crippen LogP contribution is -1.97. The van der Waals surface area contributed by atoms with Crippen LogP contribution in [0.1, 0.15) is 0 Å². The van der Waals surface area contributed by atoms with Gasteiger partial charge in [-0.3, -0.25) is 9.13 Å². The summed E-state index contributed by atoms with van der Waals surface area (Å²) in [6.45, 7) is 0. The molecule has 0 amide bonds. The number of fused-ring (bicyclic) bond motifs is 13. The molecule has 0 unspecified atom stereocenters. The summed E-state index contributed by atoms with van der Waals surface area (Å²) >= 11 is 0. The predicted octanol–water partition coefficient (Wildman–Crippen LogP) is 16.8. The van der Waals surface area contributed by atoms with E-state index in [0.29, 0.717) is 0 Å². The highest BCUT2D eigenvalue weighted by Crippen LogP contribution is 2.46. The van der Waals surface area contributed by atoms with Gasteiger partial charge in [-0.15, -0.1) is 0 Å². The molecule has 0 aliphatic heterocycles. The smallest absolute Gasteiger partial charge is 0.145 e. The van der Waals surface area contributed by atoms with Gasteiger partial charge in [0.1, 0.15) is 11.6 Å². The molecule has 0 aliphatic carbocycles. The van der Waals surface area contributed by atoms with Gasteiger partial charge in [-0.05, 0) is 137 Å². The van der Waals surface area contributed by atoms with E-state index in [1.807, 2.05) is 0 Å². The van der Waals surface area contributed by atoms with Gasteiger partial charge in [0.2, 0.25) is 0 Å². The van der Waals surface area contributed by atoms with E-state index in [2.05, 4.69) is 252 Å². The van der Waals surface area contributed by atoms with Gasteiger partial charge in [0.25, 0.3) is 0 Å². The summed E-state index contributed by atoms with van der Waals surface area (Å²) in [5.41, 5.74) is 13.1. The third-order valence-corrected chi connectivity index (χ3v) is 13.9. The van der Waals surface area contributed by atoms with E-state index in [-0.39, 0.29) is 0 Å². The van der Waals surface area contributed by atoms with Crippen molar-refractivity contribution in [2.24, 2.45) is 0 Å². The van der Waals surface area contributed by atoms with Crippen LogP contribution < -0.4 is 0 Å². The van der Waals surface area contributed by atoms with Crippen molar-refractivity contribution in [1.82, 2.24) is 19.1 Å². The molecule has 0 radical (unpaired) electrons. The minimum atomic E-state index is 0.928. The SMILES string of the molecule is c1ccc(-n2c(-c3ccc(-c4ccc5c6ccccc6c6c7cc(-c8ccc(-c9nc%10ccccc%10n9-c9ccccc9)cc8)ccc7c7ccccc7c6c5c4)cc3)nc3ccccc32)cc1. The summed E-state index contributed by atoms with van der Waals surface area (Å²) in [6, 6.07) is 87.6. The summed E-state index contributed by atoms with van der Waals surface area (Å²) in [5.74, 6) is 1.86. The standard InChI is InChI=1S/C64H40N4/c1-3-15-47(16-4-1)67-59-25-13-11-23-57(59)65-63(67)43-31-27-41(28-32-43)45-35-37-51-49-19-7-10-22-54(49)62-56-40-46(36-38-52(56)50-20-8-9-21-53(50)61(62)55(51)39-45)42-29-33-44(34-30-42)64-66-58-24-12-14-26-60(58)68(64)48-17-5-2-6-18-48/h1-40H. The van der Waals surface area contributed by atoms with Gasteiger partial charge in [-0.2, -0.15) is 0 Å². The van der Waals surface area contributed by atoms with Gasteiger partial charge in [-0.1, -0.05) is 182 Å². The van der Waals surface area contributed by atoms with Crippen molar-refractivity contribution in [3.8, 4) is 56.4 Å². The monoisotopic (exact) mass is 864 g/mol. The number of imidazole rings is 2. The third-order valence-electron chi connectivity index (χ3n) is 13.9. The molecule has 14 aromatic rings. The normalized spacial score (nSPS) is 11.8. The fourth-order valence-corrected chi connectivity index (χ4v) is 10.8. The molecule has 0 bridgehead atoms. The Hall–Kier alpha value is -9.12. The van der Waals surface area contributed by atoms with Crippen LogP contribution in [0.5, 0.6) is 0 Å². The molecule has 0 atom stereocenters. The van der Waals surface area contributed by atoms with Crippen molar-refractivity contribution < 1.29 is 0 Å². The summed E-state index contributed by atoms with van der Waals surface area (Å²) in [7, 11) is 0. The average Bonchev–Trinajstić information content (AvgIpc) is 4.01. The second kappa shape index (κ2) is 15.2. The largest absolute Gasteiger partial charge is 0.292 e. The number of nitrogens with zero attached hydrogens (tertiary/aromatic N) is 4. The van der Waals surface area contributed by atoms with E-state index in [0.717, 1.165) is 67.3 Å². The topological polar surface area (TPSA) is 35.6 Å². The fraction of sp³-hybridized carbons (Fsp3) is 0. The lowest BCUT2D eigenvalue weighted by Gasteiger charge is -2.18. The number of aromatic nitrogens is 4. The molecular formula is C64H40N4. The highest BCUT2D eigenvalue weighted by molar-refractivity contribution is 6.39. The minimum absolute atomic E-state index is 0.928. The molecule has 68 heavy (non-hydrogen) atoms. The zero-order valence-corrected chi connectivity index (χ0v) is 36.9. The maximum absolute atomic E-state index is 5.14. The van der Waals surface area contributed by atoms with Crippen LogP contribution in [-0.4, -0.2) is 19.1 Å². The molecule has 0 saturated heterocycles. The summed E-state index contributed by atoms with van der Waals surface area (Å²) in [6.07, 6.45) is 0. The summed E-state index contributed by atoms with van der Waals surface area (Å²) in [5, 5.41) is 12.6. The molecule has 12 aromatic carbocycles. The molecule has 316 valence electrons. The van der Waals surface area contributed by atoms with E-state index in [1.54, 1.807) is 0 Å². The maximum atomic E-state index is 5.14. The Labute approximate surface area is 392 Å². The van der Waals surface area contributed by atoms with Crippen LogP contribution in [0.25, 0.3) is 132 Å². The van der Waals surface area contributed by atoms with E-state index in [1.165, 1.54) is 65.0 Å². The van der Waals surface area contributed by atoms with Crippen LogP contribution in [0.15, 0.2) is 243 Å². The van der Waals surface area contributed by atoms with Crippen LogP contribution >= 0.6 is 0 Å². The van der Waals surface area contributed by atoms with Gasteiger partial charge in [0.15, 0.2) is 0 Å². The maximum Gasteiger partial charge on any atom is 0.145 e. The molecule has 0 N–H and O–H groups in total. The van der Waals surface area contributed by atoms with Crippen molar-refractivity contribution in [3.05, 3.63) is 243 Å². The van der Waals surface area contributed by atoms with Crippen LogP contribution in [0.4, 0.5) is 0 Å². The van der Waals surface area contributed by atoms with Gasteiger partial charge in [0.05, 0.1) is 22.1 Å². The molecule has 2 aromatic heterocycles. The van der Waals surface area contributed by atoms with Crippen molar-refractivity contribution in [1.29, 1.82) is 0 Å². The highest BCUT2D eigenvalue weighted by atomic mass is 15.1. The van der Waals surface area contributed by atoms with E-state index in [9.17, 15) is 0 Å². The molecule has 0 fully saturated rings. The predicted molar refractivity (Wildman–Crippen MR) is 285 cm³/mol. The summed E-state index contributed by atoms with van der Waals surface area (Å²) < 4.78 is 4.52. The first-order chi connectivity index (χ1) is 33.7. The second-order valence-electron chi connectivity index (χ2n) is 17.7. The van der Waals surface area contributed by atoms with Crippen molar-refractivity contribution in [3.63, 3.8) is 0 Å². The molecular weight excluding hydrogens is 825 g/mol. The number of rotatable bonds is 6. The Kier molecular flexibility index (Phi) is 8.55.